The highest BCUT2D eigenvalue weighted by molar-refractivity contribution is 5.94. The molecule has 1 rings (SSSR count). The van der Waals surface area contributed by atoms with Crippen molar-refractivity contribution >= 4 is 23.8 Å². The molecule has 1 aromatic rings. The lowest BCUT2D eigenvalue weighted by molar-refractivity contribution is -0.141. The monoisotopic (exact) mass is 436 g/mol. The number of rotatable bonds is 8. The quantitative estimate of drug-likeness (QED) is 0.480. The highest BCUT2D eigenvalue weighted by atomic mass is 16.6. The van der Waals surface area contributed by atoms with Crippen molar-refractivity contribution in [2.24, 2.45) is 5.73 Å². The predicted octanol–water partition coefficient (Wildman–Crippen LogP) is 1.18. The highest BCUT2D eigenvalue weighted by Crippen LogP contribution is 2.23. The van der Waals surface area contributed by atoms with Crippen LogP contribution >= 0.6 is 0 Å². The summed E-state index contributed by atoms with van der Waals surface area (Å²) in [6, 6.07) is 3.20. The molecule has 2 atom stereocenters. The second-order valence-corrected chi connectivity index (χ2v) is 8.48. The van der Waals surface area contributed by atoms with Gasteiger partial charge in [-0.3, -0.25) is 14.4 Å². The molecule has 0 saturated heterocycles. The first kappa shape index (κ1) is 25.7. The number of amides is 4. The third-order valence-corrected chi connectivity index (χ3v) is 4.02. The van der Waals surface area contributed by atoms with Crippen molar-refractivity contribution in [1.82, 2.24) is 15.5 Å². The van der Waals surface area contributed by atoms with Gasteiger partial charge < -0.3 is 31.1 Å². The van der Waals surface area contributed by atoms with Gasteiger partial charge in [-0.25, -0.2) is 4.79 Å². The summed E-state index contributed by atoms with van der Waals surface area (Å²) in [6.07, 6.45) is -1.37. The molecule has 0 bridgehead atoms. The number of carbonyl (C=O) groups excluding carboxylic acids is 4. The molecule has 0 radical (unpaired) electrons. The van der Waals surface area contributed by atoms with Crippen LogP contribution in [0.4, 0.5) is 4.79 Å². The molecule has 5 N–H and O–H groups in total. The Kier molecular flexibility index (Phi) is 8.84. The normalized spacial score (nSPS) is 13.1. The van der Waals surface area contributed by atoms with Crippen molar-refractivity contribution in [3.8, 4) is 5.75 Å². The molecular weight excluding hydrogens is 404 g/mol. The van der Waals surface area contributed by atoms with Crippen molar-refractivity contribution in [3.05, 3.63) is 29.8 Å². The molecule has 0 spiro atoms. The van der Waals surface area contributed by atoms with Gasteiger partial charge in [0.15, 0.2) is 0 Å². The van der Waals surface area contributed by atoms with Crippen LogP contribution in [0, 0.1) is 0 Å². The first-order chi connectivity index (χ1) is 14.2. The Labute approximate surface area is 182 Å². The molecule has 10 heteroatoms. The molecule has 1 aromatic carbocycles. The molecule has 0 fully saturated rings. The van der Waals surface area contributed by atoms with Gasteiger partial charge in [0, 0.05) is 13.1 Å². The summed E-state index contributed by atoms with van der Waals surface area (Å²) < 4.78 is 5.16. The van der Waals surface area contributed by atoms with E-state index >= 15 is 0 Å². The Balaban J connectivity index is 3.22. The van der Waals surface area contributed by atoms with E-state index in [1.807, 2.05) is 0 Å². The fourth-order valence-corrected chi connectivity index (χ4v) is 2.80. The molecule has 0 aliphatic carbocycles. The molecule has 2 unspecified atom stereocenters. The number of phenols is 1. The average Bonchev–Trinajstić information content (AvgIpc) is 2.59. The van der Waals surface area contributed by atoms with E-state index in [2.05, 4.69) is 10.6 Å². The average molecular weight is 437 g/mol. The number of alkyl carbamates (subject to hydrolysis) is 1. The summed E-state index contributed by atoms with van der Waals surface area (Å²) in [6.45, 7) is 8.50. The Morgan fingerprint density at radius 3 is 2.10 bits per heavy atom. The van der Waals surface area contributed by atoms with Crippen LogP contribution in [0.2, 0.25) is 0 Å². The van der Waals surface area contributed by atoms with Gasteiger partial charge in [-0.1, -0.05) is 12.1 Å². The molecule has 0 aliphatic rings. The molecule has 0 aromatic heterocycles. The summed E-state index contributed by atoms with van der Waals surface area (Å²) in [5.74, 6) is -1.98. The van der Waals surface area contributed by atoms with E-state index in [0.29, 0.717) is 5.56 Å². The number of hydrogen-bond donors (Lipinski definition) is 4. The minimum atomic E-state index is -1.33. The number of nitrogens with one attached hydrogen (secondary N) is 2. The van der Waals surface area contributed by atoms with E-state index in [0.717, 1.165) is 4.90 Å². The third-order valence-electron chi connectivity index (χ3n) is 4.02. The van der Waals surface area contributed by atoms with Crippen LogP contribution < -0.4 is 16.4 Å². The van der Waals surface area contributed by atoms with Crippen molar-refractivity contribution in [2.45, 2.75) is 64.8 Å². The lowest BCUT2D eigenvalue weighted by Crippen LogP contribution is -2.53. The second kappa shape index (κ2) is 10.6. The molecule has 0 heterocycles. The smallest absolute Gasteiger partial charge is 0.408 e. The van der Waals surface area contributed by atoms with Crippen LogP contribution in [-0.2, 0) is 19.1 Å². The van der Waals surface area contributed by atoms with Gasteiger partial charge >= 0.3 is 6.09 Å². The zero-order chi connectivity index (χ0) is 23.9. The number of phenolic OH excluding ortho intramolecular Hbond substituents is 1. The van der Waals surface area contributed by atoms with Crippen molar-refractivity contribution < 1.29 is 29.0 Å². The summed E-state index contributed by atoms with van der Waals surface area (Å²) in [5, 5.41) is 14.7. The maximum absolute atomic E-state index is 13.2. The molecule has 0 aliphatic heterocycles. The number of aromatic hydroxyl groups is 1. The van der Waals surface area contributed by atoms with E-state index < -0.39 is 47.9 Å². The van der Waals surface area contributed by atoms with Gasteiger partial charge in [-0.05, 0) is 52.3 Å². The zero-order valence-corrected chi connectivity index (χ0v) is 18.8. The summed E-state index contributed by atoms with van der Waals surface area (Å²) in [4.78, 5) is 50.8. The van der Waals surface area contributed by atoms with Gasteiger partial charge in [-0.15, -0.1) is 0 Å². The van der Waals surface area contributed by atoms with Crippen molar-refractivity contribution in [1.29, 1.82) is 0 Å². The highest BCUT2D eigenvalue weighted by Gasteiger charge is 2.35. The van der Waals surface area contributed by atoms with Crippen LogP contribution in [0.25, 0.3) is 0 Å². The van der Waals surface area contributed by atoms with Crippen LogP contribution in [0.15, 0.2) is 24.3 Å². The lowest BCUT2D eigenvalue weighted by atomic mass is 10.0. The second-order valence-electron chi connectivity index (χ2n) is 8.48. The third kappa shape index (κ3) is 8.53. The predicted molar refractivity (Wildman–Crippen MR) is 114 cm³/mol. The minimum Gasteiger partial charge on any atom is -0.508 e. The van der Waals surface area contributed by atoms with Crippen LogP contribution in [0.1, 0.15) is 52.6 Å². The van der Waals surface area contributed by atoms with Gasteiger partial charge in [0.2, 0.25) is 17.7 Å². The number of primary amides is 1. The summed E-state index contributed by atoms with van der Waals surface area (Å²) >= 11 is 0. The standard InChI is InChI=1S/C21H32N4O6/c1-12(2)23-18(28)17(13-7-9-14(26)10-8-13)25(6)19(29)15(11-16(22)27)24-20(30)31-21(3,4)5/h7-10,12,15,17,26H,11H2,1-6H3,(H2,22,27)(H,23,28)(H,24,30). The fraction of sp³-hybridized carbons (Fsp3) is 0.524. The number of hydrogen-bond acceptors (Lipinski definition) is 6. The van der Waals surface area contributed by atoms with Crippen LogP contribution in [-0.4, -0.2) is 58.6 Å². The number of likely N-dealkylation sites (N-methyl/N-ethyl adjacent to an activating group) is 1. The maximum Gasteiger partial charge on any atom is 0.408 e. The van der Waals surface area contributed by atoms with Gasteiger partial charge in [0.25, 0.3) is 0 Å². The Morgan fingerprint density at radius 2 is 1.65 bits per heavy atom. The van der Waals surface area contributed by atoms with Crippen molar-refractivity contribution in [3.63, 3.8) is 0 Å². The molecule has 0 saturated carbocycles. The molecular formula is C21H32N4O6. The lowest BCUT2D eigenvalue weighted by Gasteiger charge is -2.31. The first-order valence-corrected chi connectivity index (χ1v) is 9.85. The SMILES string of the molecule is CC(C)NC(=O)C(c1ccc(O)cc1)N(C)C(=O)C(CC(N)=O)NC(=O)OC(C)(C)C. The zero-order valence-electron chi connectivity index (χ0n) is 18.8. The Hall–Kier alpha value is -3.30. The molecule has 10 nitrogen and oxygen atoms in total. The number of nitrogens with two attached hydrogens (primary N) is 1. The van der Waals surface area contributed by atoms with Gasteiger partial charge in [0.05, 0.1) is 6.42 Å². The molecule has 4 amide bonds. The van der Waals surface area contributed by atoms with E-state index in [-0.39, 0.29) is 11.8 Å². The Morgan fingerprint density at radius 1 is 1.10 bits per heavy atom. The van der Waals surface area contributed by atoms with Crippen molar-refractivity contribution in [2.75, 3.05) is 7.05 Å². The van der Waals surface area contributed by atoms with E-state index in [1.165, 1.54) is 31.3 Å². The van der Waals surface area contributed by atoms with E-state index in [4.69, 9.17) is 10.5 Å². The number of benzene rings is 1. The topological polar surface area (TPSA) is 151 Å². The molecule has 31 heavy (non-hydrogen) atoms. The van der Waals surface area contributed by atoms with E-state index in [9.17, 15) is 24.3 Å². The van der Waals surface area contributed by atoms with Gasteiger partial charge in [-0.2, -0.15) is 0 Å². The number of ether oxygens (including phenoxy) is 1. The largest absolute Gasteiger partial charge is 0.508 e. The van der Waals surface area contributed by atoms with Crippen LogP contribution in [0.3, 0.4) is 0 Å². The molecule has 172 valence electrons. The summed E-state index contributed by atoms with van der Waals surface area (Å²) in [7, 11) is 1.38. The Bertz CT molecular complexity index is 801. The van der Waals surface area contributed by atoms with Gasteiger partial charge in [0.1, 0.15) is 23.4 Å². The number of nitrogens with zero attached hydrogens (tertiary/aromatic N) is 1. The first-order valence-electron chi connectivity index (χ1n) is 9.85. The van der Waals surface area contributed by atoms with E-state index in [1.54, 1.807) is 34.6 Å². The van der Waals surface area contributed by atoms with Crippen LogP contribution in [0.5, 0.6) is 5.75 Å². The maximum atomic E-state index is 13.2. The summed E-state index contributed by atoms with van der Waals surface area (Å²) in [5.41, 5.74) is 4.87. The minimum absolute atomic E-state index is 0.000977. The fourth-order valence-electron chi connectivity index (χ4n) is 2.80. The number of carbonyl (C=O) groups is 4.